The van der Waals surface area contributed by atoms with Gasteiger partial charge in [0.25, 0.3) is 0 Å². The molecule has 0 saturated carbocycles. The van der Waals surface area contributed by atoms with E-state index in [0.29, 0.717) is 11.1 Å². The third-order valence-electron chi connectivity index (χ3n) is 5.83. The molecule has 33 heavy (non-hydrogen) atoms. The number of aromatic nitrogens is 2. The molecule has 0 aliphatic carbocycles. The zero-order valence-corrected chi connectivity index (χ0v) is 17.3. The van der Waals surface area contributed by atoms with E-state index < -0.39 is 0 Å². The Bertz CT molecular complexity index is 1800. The van der Waals surface area contributed by atoms with Crippen LogP contribution in [0.2, 0.25) is 0 Å². The quantitative estimate of drug-likeness (QED) is 0.313. The van der Waals surface area contributed by atoms with Gasteiger partial charge in [0.05, 0.1) is 34.7 Å². The monoisotopic (exact) mass is 422 g/mol. The molecule has 3 aromatic carbocycles. The molecule has 3 heterocycles. The number of benzene rings is 3. The molecular formula is C28H14N4O. The van der Waals surface area contributed by atoms with Gasteiger partial charge in [0.2, 0.25) is 0 Å². The normalized spacial score (nSPS) is 11.0. The first-order chi connectivity index (χ1) is 16.2. The molecule has 0 saturated heterocycles. The van der Waals surface area contributed by atoms with Crippen molar-refractivity contribution in [3.63, 3.8) is 0 Å². The molecule has 0 aliphatic rings. The van der Waals surface area contributed by atoms with E-state index in [0.717, 1.165) is 55.2 Å². The van der Waals surface area contributed by atoms with Gasteiger partial charge in [-0.2, -0.15) is 10.5 Å². The highest BCUT2D eigenvalue weighted by atomic mass is 16.3. The number of rotatable bonds is 2. The largest absolute Gasteiger partial charge is 0.456 e. The number of hydrogen-bond donors (Lipinski definition) is 0. The van der Waals surface area contributed by atoms with Crippen molar-refractivity contribution >= 4 is 32.7 Å². The average Bonchev–Trinajstić information content (AvgIpc) is 3.26. The lowest BCUT2D eigenvalue weighted by molar-refractivity contribution is 0.669. The summed E-state index contributed by atoms with van der Waals surface area (Å²) in [6.07, 6.45) is 3.29. The van der Waals surface area contributed by atoms with Crippen molar-refractivity contribution in [1.29, 1.82) is 10.5 Å². The third-order valence-corrected chi connectivity index (χ3v) is 5.83. The van der Waals surface area contributed by atoms with Gasteiger partial charge in [-0.15, -0.1) is 0 Å². The molecule has 0 amide bonds. The highest BCUT2D eigenvalue weighted by Gasteiger charge is 2.16. The van der Waals surface area contributed by atoms with Crippen molar-refractivity contribution in [3.05, 3.63) is 96.3 Å². The fourth-order valence-corrected chi connectivity index (χ4v) is 4.32. The molecule has 0 atom stereocenters. The van der Waals surface area contributed by atoms with E-state index in [4.69, 9.17) is 4.42 Å². The minimum absolute atomic E-state index is 0.561. The molecule has 0 spiro atoms. The van der Waals surface area contributed by atoms with Crippen LogP contribution >= 0.6 is 0 Å². The summed E-state index contributed by atoms with van der Waals surface area (Å²) in [5, 5.41) is 22.7. The van der Waals surface area contributed by atoms with Gasteiger partial charge in [0.15, 0.2) is 0 Å². The second-order valence-electron chi connectivity index (χ2n) is 7.74. The second-order valence-corrected chi connectivity index (χ2v) is 7.74. The summed E-state index contributed by atoms with van der Waals surface area (Å²) in [5.41, 5.74) is 5.86. The van der Waals surface area contributed by atoms with Crippen LogP contribution in [0.3, 0.4) is 0 Å². The number of nitrogens with zero attached hydrogens (tertiary/aromatic N) is 4. The zero-order chi connectivity index (χ0) is 22.4. The third kappa shape index (κ3) is 3.00. The lowest BCUT2D eigenvalue weighted by Crippen LogP contribution is -1.87. The van der Waals surface area contributed by atoms with E-state index >= 15 is 0 Å². The van der Waals surface area contributed by atoms with E-state index in [1.54, 1.807) is 36.7 Å². The van der Waals surface area contributed by atoms with E-state index in [1.807, 2.05) is 36.4 Å². The number of fused-ring (bicyclic) bond motifs is 5. The van der Waals surface area contributed by atoms with Gasteiger partial charge in [-0.25, -0.2) is 0 Å². The first-order valence-electron chi connectivity index (χ1n) is 10.4. The molecule has 5 heteroatoms. The zero-order valence-electron chi connectivity index (χ0n) is 17.3. The summed E-state index contributed by atoms with van der Waals surface area (Å²) in [6.45, 7) is 0. The van der Waals surface area contributed by atoms with Crippen molar-refractivity contribution in [2.45, 2.75) is 0 Å². The van der Waals surface area contributed by atoms with Crippen LogP contribution < -0.4 is 0 Å². The molecule has 0 bridgehead atoms. The van der Waals surface area contributed by atoms with Crippen molar-refractivity contribution in [2.75, 3.05) is 0 Å². The standard InChI is InChI=1S/C28H14N4O/c29-15-17-7-9-31-24(11-17)19-5-6-22-26(13-19)33-27-14-23(25-12-18(16-30)8-10-32-25)20-3-1-2-4-21(20)28(22)27/h1-14H. The minimum atomic E-state index is 0.561. The predicted octanol–water partition coefficient (Wildman–Crippen LogP) is 6.61. The molecular weight excluding hydrogens is 408 g/mol. The van der Waals surface area contributed by atoms with Crippen LogP contribution in [-0.4, -0.2) is 9.97 Å². The molecule has 6 aromatic rings. The van der Waals surface area contributed by atoms with Crippen LogP contribution in [-0.2, 0) is 0 Å². The van der Waals surface area contributed by atoms with E-state index in [9.17, 15) is 10.5 Å². The summed E-state index contributed by atoms with van der Waals surface area (Å²) < 4.78 is 6.31. The van der Waals surface area contributed by atoms with Crippen molar-refractivity contribution in [2.24, 2.45) is 0 Å². The van der Waals surface area contributed by atoms with Gasteiger partial charge in [0.1, 0.15) is 11.2 Å². The first-order valence-corrected chi connectivity index (χ1v) is 10.4. The Kier molecular flexibility index (Phi) is 4.15. The van der Waals surface area contributed by atoms with Gasteiger partial charge in [-0.3, -0.25) is 9.97 Å². The van der Waals surface area contributed by atoms with Gasteiger partial charge >= 0.3 is 0 Å². The summed E-state index contributed by atoms with van der Waals surface area (Å²) in [6, 6.07) is 27.4. The van der Waals surface area contributed by atoms with E-state index in [1.165, 1.54) is 0 Å². The number of nitriles is 2. The van der Waals surface area contributed by atoms with Crippen LogP contribution in [0.15, 0.2) is 89.6 Å². The molecule has 0 unspecified atom stereocenters. The molecule has 5 nitrogen and oxygen atoms in total. The van der Waals surface area contributed by atoms with Gasteiger partial charge < -0.3 is 4.42 Å². The molecule has 3 aromatic heterocycles. The first kappa shape index (κ1) is 18.7. The van der Waals surface area contributed by atoms with Crippen molar-refractivity contribution in [3.8, 4) is 34.7 Å². The molecule has 0 fully saturated rings. The maximum absolute atomic E-state index is 9.32. The van der Waals surface area contributed by atoms with Crippen molar-refractivity contribution < 1.29 is 4.42 Å². The Labute approximate surface area is 188 Å². The minimum Gasteiger partial charge on any atom is -0.456 e. The Morgan fingerprint density at radius 2 is 1.33 bits per heavy atom. The number of pyridine rings is 2. The second kappa shape index (κ2) is 7.30. The highest BCUT2D eigenvalue weighted by Crippen LogP contribution is 2.40. The van der Waals surface area contributed by atoms with Gasteiger partial charge in [-0.1, -0.05) is 30.3 Å². The molecule has 152 valence electrons. The number of hydrogen-bond acceptors (Lipinski definition) is 5. The van der Waals surface area contributed by atoms with Crippen LogP contribution in [0.1, 0.15) is 11.1 Å². The van der Waals surface area contributed by atoms with Crippen LogP contribution in [0.5, 0.6) is 0 Å². The topological polar surface area (TPSA) is 86.5 Å². The van der Waals surface area contributed by atoms with Crippen LogP contribution in [0.4, 0.5) is 0 Å². The summed E-state index contributed by atoms with van der Waals surface area (Å²) in [5.74, 6) is 0. The predicted molar refractivity (Wildman–Crippen MR) is 127 cm³/mol. The maximum atomic E-state index is 9.32. The van der Waals surface area contributed by atoms with Gasteiger partial charge in [-0.05, 0) is 53.2 Å². The Balaban J connectivity index is 1.63. The van der Waals surface area contributed by atoms with Gasteiger partial charge in [0, 0.05) is 34.3 Å². The van der Waals surface area contributed by atoms with E-state index in [2.05, 4.69) is 34.2 Å². The molecule has 0 radical (unpaired) electrons. The maximum Gasteiger partial charge on any atom is 0.136 e. The average molecular weight is 422 g/mol. The highest BCUT2D eigenvalue weighted by molar-refractivity contribution is 6.22. The summed E-state index contributed by atoms with van der Waals surface area (Å²) in [7, 11) is 0. The fraction of sp³-hybridized carbons (Fsp3) is 0. The Hall–Kier alpha value is -5.00. The smallest absolute Gasteiger partial charge is 0.136 e. The SMILES string of the molecule is N#Cc1ccnc(-c2ccc3c(c2)oc2cc(-c4cc(C#N)ccn4)c4ccccc4c23)c1. The van der Waals surface area contributed by atoms with Crippen LogP contribution in [0.25, 0.3) is 55.2 Å². The number of furan rings is 1. The van der Waals surface area contributed by atoms with Crippen LogP contribution in [0, 0.1) is 22.7 Å². The molecule has 0 N–H and O–H groups in total. The lowest BCUT2D eigenvalue weighted by Gasteiger charge is -2.08. The fourth-order valence-electron chi connectivity index (χ4n) is 4.32. The molecule has 0 aliphatic heterocycles. The van der Waals surface area contributed by atoms with Crippen molar-refractivity contribution in [1.82, 2.24) is 9.97 Å². The summed E-state index contributed by atoms with van der Waals surface area (Å²) >= 11 is 0. The van der Waals surface area contributed by atoms with E-state index in [-0.39, 0.29) is 0 Å². The lowest BCUT2D eigenvalue weighted by atomic mass is 9.96. The summed E-state index contributed by atoms with van der Waals surface area (Å²) in [4.78, 5) is 8.92. The Morgan fingerprint density at radius 3 is 2.09 bits per heavy atom. The Morgan fingerprint density at radius 1 is 0.636 bits per heavy atom. The molecule has 6 rings (SSSR count).